The second-order valence-corrected chi connectivity index (χ2v) is 4.05. The van der Waals surface area contributed by atoms with Crippen molar-refractivity contribution in [2.24, 2.45) is 0 Å². The van der Waals surface area contributed by atoms with Crippen molar-refractivity contribution in [2.45, 2.75) is 58.3 Å². The fraction of sp³-hybridized carbons (Fsp3) is 0.909. The number of esters is 1. The molecule has 17 heavy (non-hydrogen) atoms. The van der Waals surface area contributed by atoms with Crippen molar-refractivity contribution in [1.29, 1.82) is 0 Å². The van der Waals surface area contributed by atoms with Gasteiger partial charge in [-0.25, -0.2) is 0 Å². The summed E-state index contributed by atoms with van der Waals surface area (Å²) in [5.74, 6) is -0.379. The van der Waals surface area contributed by atoms with E-state index in [4.69, 9.17) is 4.74 Å². The molecule has 0 aromatic rings. The zero-order valence-corrected chi connectivity index (χ0v) is 10.4. The van der Waals surface area contributed by atoms with E-state index >= 15 is 0 Å². The van der Waals surface area contributed by atoms with Crippen LogP contribution in [0.1, 0.15) is 40.0 Å². The zero-order chi connectivity index (χ0) is 13.5. The van der Waals surface area contributed by atoms with Gasteiger partial charge in [0, 0.05) is 12.5 Å². The molecular weight excluding hydrogens is 235 g/mol. The van der Waals surface area contributed by atoms with E-state index in [9.17, 15) is 18.0 Å². The second kappa shape index (κ2) is 7.53. The normalized spacial score (nSPS) is 15.4. The summed E-state index contributed by atoms with van der Waals surface area (Å²) in [4.78, 5) is 11.2. The van der Waals surface area contributed by atoms with Gasteiger partial charge in [-0.05, 0) is 33.6 Å². The monoisotopic (exact) mass is 255 g/mol. The molecule has 0 saturated carbocycles. The molecule has 0 spiro atoms. The number of rotatable bonds is 7. The minimum absolute atomic E-state index is 0.0627. The van der Waals surface area contributed by atoms with E-state index in [1.807, 2.05) is 0 Å². The number of nitrogens with one attached hydrogen (secondary N) is 1. The molecule has 2 unspecified atom stereocenters. The van der Waals surface area contributed by atoms with Crippen LogP contribution in [0.3, 0.4) is 0 Å². The lowest BCUT2D eigenvalue weighted by molar-refractivity contribution is -0.145. The molecule has 0 saturated heterocycles. The molecule has 0 aliphatic rings. The van der Waals surface area contributed by atoms with Crippen molar-refractivity contribution in [3.63, 3.8) is 0 Å². The van der Waals surface area contributed by atoms with Crippen LogP contribution < -0.4 is 5.32 Å². The van der Waals surface area contributed by atoms with Crippen LogP contribution >= 0.6 is 0 Å². The van der Waals surface area contributed by atoms with Crippen molar-refractivity contribution in [3.8, 4) is 0 Å². The van der Waals surface area contributed by atoms with E-state index in [0.717, 1.165) is 0 Å². The maximum Gasteiger partial charge on any atom is 0.389 e. The molecule has 0 aromatic carbocycles. The number of halogens is 3. The van der Waals surface area contributed by atoms with Gasteiger partial charge in [0.25, 0.3) is 0 Å². The third-order valence-electron chi connectivity index (χ3n) is 2.27. The summed E-state index contributed by atoms with van der Waals surface area (Å²) < 4.78 is 40.5. The molecule has 0 rings (SSSR count). The van der Waals surface area contributed by atoms with Gasteiger partial charge in [-0.2, -0.15) is 13.2 Å². The number of hydrogen-bond donors (Lipinski definition) is 1. The maximum atomic E-state index is 11.9. The predicted molar refractivity (Wildman–Crippen MR) is 58.6 cm³/mol. The van der Waals surface area contributed by atoms with Gasteiger partial charge in [0.05, 0.1) is 6.61 Å². The van der Waals surface area contributed by atoms with Crippen molar-refractivity contribution in [2.75, 3.05) is 6.61 Å². The number of hydrogen-bond acceptors (Lipinski definition) is 3. The molecule has 102 valence electrons. The van der Waals surface area contributed by atoms with E-state index in [1.165, 1.54) is 0 Å². The number of carbonyl (C=O) groups excluding carboxylic acids is 1. The summed E-state index contributed by atoms with van der Waals surface area (Å²) >= 11 is 0. The van der Waals surface area contributed by atoms with Crippen molar-refractivity contribution in [3.05, 3.63) is 0 Å². The number of carbonyl (C=O) groups is 1. The highest BCUT2D eigenvalue weighted by Gasteiger charge is 2.26. The average molecular weight is 255 g/mol. The molecule has 6 heteroatoms. The van der Waals surface area contributed by atoms with Gasteiger partial charge in [0.2, 0.25) is 0 Å². The quantitative estimate of drug-likeness (QED) is 0.711. The first-order chi connectivity index (χ1) is 7.76. The molecular formula is C11H20F3NO2. The van der Waals surface area contributed by atoms with Crippen LogP contribution in [0.25, 0.3) is 0 Å². The van der Waals surface area contributed by atoms with E-state index in [-0.39, 0.29) is 18.4 Å². The molecule has 0 radical (unpaired) electrons. The predicted octanol–water partition coefficient (Wildman–Crippen LogP) is 2.65. The van der Waals surface area contributed by atoms with E-state index in [0.29, 0.717) is 13.0 Å². The first-order valence-corrected chi connectivity index (χ1v) is 5.75. The Kier molecular flexibility index (Phi) is 7.18. The first-order valence-electron chi connectivity index (χ1n) is 5.75. The Labute approximate surface area is 99.7 Å². The van der Waals surface area contributed by atoms with Crippen LogP contribution in [0, 0.1) is 0 Å². The van der Waals surface area contributed by atoms with Crippen molar-refractivity contribution >= 4 is 5.97 Å². The SMILES string of the molecule is CCOC(=O)C(C)NC(C)CCCC(F)(F)F. The Balaban J connectivity index is 3.78. The lowest BCUT2D eigenvalue weighted by Gasteiger charge is -2.18. The minimum atomic E-state index is -4.10. The van der Waals surface area contributed by atoms with E-state index in [2.05, 4.69) is 5.32 Å². The molecule has 0 amide bonds. The van der Waals surface area contributed by atoms with Crippen LogP contribution in [0.15, 0.2) is 0 Å². The minimum Gasteiger partial charge on any atom is -0.465 e. The molecule has 0 aliphatic carbocycles. The molecule has 3 nitrogen and oxygen atoms in total. The Morgan fingerprint density at radius 1 is 1.35 bits per heavy atom. The standard InChI is InChI=1S/C11H20F3NO2/c1-4-17-10(16)9(3)15-8(2)6-5-7-11(12,13)14/h8-9,15H,4-7H2,1-3H3. The fourth-order valence-corrected chi connectivity index (χ4v) is 1.45. The highest BCUT2D eigenvalue weighted by Crippen LogP contribution is 2.22. The highest BCUT2D eigenvalue weighted by atomic mass is 19.4. The summed E-state index contributed by atoms with van der Waals surface area (Å²) in [5.41, 5.74) is 0. The van der Waals surface area contributed by atoms with Crippen molar-refractivity contribution in [1.82, 2.24) is 5.32 Å². The van der Waals surface area contributed by atoms with E-state index in [1.54, 1.807) is 20.8 Å². The van der Waals surface area contributed by atoms with Gasteiger partial charge in [-0.3, -0.25) is 4.79 Å². The fourth-order valence-electron chi connectivity index (χ4n) is 1.45. The van der Waals surface area contributed by atoms with Crippen LogP contribution in [0.5, 0.6) is 0 Å². The van der Waals surface area contributed by atoms with Crippen molar-refractivity contribution < 1.29 is 22.7 Å². The lowest BCUT2D eigenvalue weighted by Crippen LogP contribution is -2.41. The summed E-state index contributed by atoms with van der Waals surface area (Å²) in [6.07, 6.45) is -4.45. The van der Waals surface area contributed by atoms with Crippen LogP contribution in [-0.4, -0.2) is 30.8 Å². The largest absolute Gasteiger partial charge is 0.465 e. The Morgan fingerprint density at radius 2 is 1.94 bits per heavy atom. The third-order valence-corrected chi connectivity index (χ3v) is 2.27. The van der Waals surface area contributed by atoms with E-state index < -0.39 is 18.6 Å². The molecule has 1 N–H and O–H groups in total. The van der Waals surface area contributed by atoms with Gasteiger partial charge >= 0.3 is 12.1 Å². The Hall–Kier alpha value is -0.780. The highest BCUT2D eigenvalue weighted by molar-refractivity contribution is 5.75. The van der Waals surface area contributed by atoms with Gasteiger partial charge in [0.1, 0.15) is 6.04 Å². The average Bonchev–Trinajstić information content (AvgIpc) is 2.15. The Bertz CT molecular complexity index is 231. The second-order valence-electron chi connectivity index (χ2n) is 4.05. The summed E-state index contributed by atoms with van der Waals surface area (Å²) in [7, 11) is 0. The van der Waals surface area contributed by atoms with Crippen LogP contribution in [0.2, 0.25) is 0 Å². The van der Waals surface area contributed by atoms with Gasteiger partial charge < -0.3 is 10.1 Å². The third kappa shape index (κ3) is 8.97. The van der Waals surface area contributed by atoms with Crippen LogP contribution in [-0.2, 0) is 9.53 Å². The Morgan fingerprint density at radius 3 is 2.41 bits per heavy atom. The zero-order valence-electron chi connectivity index (χ0n) is 10.4. The number of ether oxygens (including phenoxy) is 1. The summed E-state index contributed by atoms with van der Waals surface area (Å²) in [6, 6.07) is -0.632. The molecule has 0 bridgehead atoms. The smallest absolute Gasteiger partial charge is 0.389 e. The molecule has 0 aromatic heterocycles. The maximum absolute atomic E-state index is 11.9. The molecule has 0 heterocycles. The lowest BCUT2D eigenvalue weighted by atomic mass is 10.1. The summed E-state index contributed by atoms with van der Waals surface area (Å²) in [6.45, 7) is 5.40. The first kappa shape index (κ1) is 16.2. The van der Waals surface area contributed by atoms with Gasteiger partial charge in [-0.15, -0.1) is 0 Å². The summed E-state index contributed by atoms with van der Waals surface area (Å²) in [5, 5.41) is 2.91. The molecule has 0 fully saturated rings. The molecule has 2 atom stereocenters. The number of alkyl halides is 3. The van der Waals surface area contributed by atoms with Crippen LogP contribution in [0.4, 0.5) is 13.2 Å². The topological polar surface area (TPSA) is 38.3 Å². The molecule has 0 aliphatic heterocycles. The van der Waals surface area contributed by atoms with Gasteiger partial charge in [-0.1, -0.05) is 0 Å². The van der Waals surface area contributed by atoms with Gasteiger partial charge in [0.15, 0.2) is 0 Å².